The summed E-state index contributed by atoms with van der Waals surface area (Å²) in [6, 6.07) is 4.42. The Morgan fingerprint density at radius 2 is 1.63 bits per heavy atom. The summed E-state index contributed by atoms with van der Waals surface area (Å²) in [5, 5.41) is 0. The fourth-order valence-electron chi connectivity index (χ4n) is 1.38. The van der Waals surface area contributed by atoms with Crippen LogP contribution in [0.15, 0.2) is 23.1 Å². The Bertz CT molecular complexity index is 501. The number of ether oxygens (including phenoxy) is 2. The van der Waals surface area contributed by atoms with Crippen molar-refractivity contribution < 1.29 is 22.7 Å². The van der Waals surface area contributed by atoms with Crippen molar-refractivity contribution in [3.63, 3.8) is 0 Å². The number of nitrogens with one attached hydrogen (secondary N) is 1. The van der Waals surface area contributed by atoms with E-state index in [0.717, 1.165) is 0 Å². The Kier molecular flexibility index (Phi) is 6.07. The van der Waals surface area contributed by atoms with E-state index in [2.05, 4.69) is 0 Å². The lowest BCUT2D eigenvalue weighted by molar-refractivity contribution is 0.105. The van der Waals surface area contributed by atoms with Crippen molar-refractivity contribution in [2.24, 2.45) is 0 Å². The molecular formula is C12H19NO5S. The van der Waals surface area contributed by atoms with Gasteiger partial charge in [0.25, 0.3) is 10.0 Å². The highest BCUT2D eigenvalue weighted by Crippen LogP contribution is 2.30. The van der Waals surface area contributed by atoms with E-state index in [4.69, 9.17) is 14.3 Å². The zero-order valence-electron chi connectivity index (χ0n) is 11.3. The van der Waals surface area contributed by atoms with Crippen LogP contribution in [0.5, 0.6) is 11.5 Å². The van der Waals surface area contributed by atoms with Crippen LogP contribution in [0.4, 0.5) is 0 Å². The van der Waals surface area contributed by atoms with E-state index in [1.165, 1.54) is 12.1 Å². The molecule has 0 aliphatic rings. The van der Waals surface area contributed by atoms with Crippen LogP contribution in [0.25, 0.3) is 0 Å². The van der Waals surface area contributed by atoms with Crippen LogP contribution >= 0.6 is 0 Å². The molecule has 0 aliphatic carbocycles. The van der Waals surface area contributed by atoms with Gasteiger partial charge in [0.1, 0.15) is 0 Å². The lowest BCUT2D eigenvalue weighted by Crippen LogP contribution is -2.24. The fraction of sp³-hybridized carbons (Fsp3) is 0.500. The number of hydrogen-bond acceptors (Lipinski definition) is 5. The van der Waals surface area contributed by atoms with Gasteiger partial charge in [-0.1, -0.05) is 4.89 Å². The van der Waals surface area contributed by atoms with Crippen molar-refractivity contribution >= 4 is 10.0 Å². The van der Waals surface area contributed by atoms with Gasteiger partial charge in [-0.3, -0.25) is 4.84 Å². The third kappa shape index (κ3) is 4.38. The molecule has 0 atom stereocenters. The Labute approximate surface area is 113 Å². The number of rotatable bonds is 8. The molecule has 0 aliphatic heterocycles. The molecule has 1 N–H and O–H groups in total. The molecule has 0 aromatic heterocycles. The van der Waals surface area contributed by atoms with Crippen LogP contribution in [0.3, 0.4) is 0 Å². The summed E-state index contributed by atoms with van der Waals surface area (Å²) in [4.78, 5) is 6.80. The molecule has 0 saturated carbocycles. The monoisotopic (exact) mass is 289 g/mol. The minimum atomic E-state index is -3.70. The molecule has 0 amide bonds. The van der Waals surface area contributed by atoms with Crippen LogP contribution < -0.4 is 14.4 Å². The minimum Gasteiger partial charge on any atom is -0.490 e. The quantitative estimate of drug-likeness (QED) is 0.738. The van der Waals surface area contributed by atoms with E-state index >= 15 is 0 Å². The van der Waals surface area contributed by atoms with E-state index in [9.17, 15) is 8.42 Å². The molecule has 0 bridgehead atoms. The molecule has 108 valence electrons. The van der Waals surface area contributed by atoms with Gasteiger partial charge in [-0.15, -0.1) is 0 Å². The lowest BCUT2D eigenvalue weighted by atomic mass is 10.3. The second kappa shape index (κ2) is 7.32. The summed E-state index contributed by atoms with van der Waals surface area (Å²) in [6.07, 6.45) is 0. The second-order valence-corrected chi connectivity index (χ2v) is 5.14. The molecule has 0 radical (unpaired) electrons. The van der Waals surface area contributed by atoms with Crippen molar-refractivity contribution in [1.29, 1.82) is 0 Å². The zero-order chi connectivity index (χ0) is 14.3. The van der Waals surface area contributed by atoms with Crippen molar-refractivity contribution in [3.05, 3.63) is 18.2 Å². The van der Waals surface area contributed by atoms with E-state index in [1.54, 1.807) is 13.0 Å². The van der Waals surface area contributed by atoms with Gasteiger partial charge in [0, 0.05) is 6.07 Å². The van der Waals surface area contributed by atoms with Crippen molar-refractivity contribution in [1.82, 2.24) is 4.89 Å². The highest BCUT2D eigenvalue weighted by atomic mass is 32.2. The molecule has 0 saturated heterocycles. The first-order valence-electron chi connectivity index (χ1n) is 6.08. The first-order chi connectivity index (χ1) is 9.05. The molecule has 6 nitrogen and oxygen atoms in total. The summed E-state index contributed by atoms with van der Waals surface area (Å²) in [6.45, 7) is 6.49. The first kappa shape index (κ1) is 15.7. The van der Waals surface area contributed by atoms with E-state index in [1.807, 2.05) is 18.7 Å². The third-order valence-electron chi connectivity index (χ3n) is 2.14. The molecule has 7 heteroatoms. The van der Waals surface area contributed by atoms with E-state index in [-0.39, 0.29) is 11.5 Å². The maximum Gasteiger partial charge on any atom is 0.262 e. The van der Waals surface area contributed by atoms with Gasteiger partial charge in [0.05, 0.1) is 24.7 Å². The van der Waals surface area contributed by atoms with Crippen LogP contribution in [0, 0.1) is 0 Å². The van der Waals surface area contributed by atoms with Gasteiger partial charge in [0.15, 0.2) is 11.5 Å². The van der Waals surface area contributed by atoms with E-state index < -0.39 is 10.0 Å². The predicted octanol–water partition coefficient (Wildman–Crippen LogP) is 1.71. The van der Waals surface area contributed by atoms with E-state index in [0.29, 0.717) is 24.7 Å². The largest absolute Gasteiger partial charge is 0.490 e. The van der Waals surface area contributed by atoms with Crippen LogP contribution in [-0.4, -0.2) is 28.2 Å². The fourth-order valence-corrected chi connectivity index (χ4v) is 2.26. The average Bonchev–Trinajstić information content (AvgIpc) is 2.39. The maximum atomic E-state index is 11.9. The van der Waals surface area contributed by atoms with Gasteiger partial charge in [-0.2, -0.15) is 0 Å². The Morgan fingerprint density at radius 3 is 2.21 bits per heavy atom. The first-order valence-corrected chi connectivity index (χ1v) is 7.56. The highest BCUT2D eigenvalue weighted by Gasteiger charge is 2.17. The van der Waals surface area contributed by atoms with Crippen LogP contribution in [0.2, 0.25) is 0 Å². The highest BCUT2D eigenvalue weighted by molar-refractivity contribution is 7.89. The molecule has 0 heterocycles. The number of benzene rings is 1. The molecule has 1 rings (SSSR count). The van der Waals surface area contributed by atoms with Gasteiger partial charge >= 0.3 is 0 Å². The molecule has 1 aromatic carbocycles. The smallest absolute Gasteiger partial charge is 0.262 e. The van der Waals surface area contributed by atoms with Crippen molar-refractivity contribution in [3.8, 4) is 11.5 Å². The molecule has 0 unspecified atom stereocenters. The molecule has 1 aromatic rings. The van der Waals surface area contributed by atoms with Crippen molar-refractivity contribution in [2.75, 3.05) is 19.8 Å². The van der Waals surface area contributed by atoms with Gasteiger partial charge < -0.3 is 9.47 Å². The molecule has 19 heavy (non-hydrogen) atoms. The molecule has 0 fully saturated rings. The molecule has 0 spiro atoms. The van der Waals surface area contributed by atoms with Gasteiger partial charge in [0.2, 0.25) is 0 Å². The predicted molar refractivity (Wildman–Crippen MR) is 70.7 cm³/mol. The average molecular weight is 289 g/mol. The third-order valence-corrected chi connectivity index (χ3v) is 3.35. The van der Waals surface area contributed by atoms with Crippen molar-refractivity contribution in [2.45, 2.75) is 25.7 Å². The Balaban J connectivity index is 3.06. The topological polar surface area (TPSA) is 73.9 Å². The second-order valence-electron chi connectivity index (χ2n) is 3.49. The van der Waals surface area contributed by atoms with Gasteiger partial charge in [-0.25, -0.2) is 8.42 Å². The lowest BCUT2D eigenvalue weighted by Gasteiger charge is -2.12. The SMILES string of the molecule is CCONS(=O)(=O)c1ccc(OCC)c(OCC)c1. The van der Waals surface area contributed by atoms with Crippen LogP contribution in [-0.2, 0) is 14.9 Å². The number of hydrogen-bond donors (Lipinski definition) is 1. The summed E-state index contributed by atoms with van der Waals surface area (Å²) in [5.74, 6) is 0.906. The summed E-state index contributed by atoms with van der Waals surface area (Å²) >= 11 is 0. The summed E-state index contributed by atoms with van der Waals surface area (Å²) < 4.78 is 34.5. The minimum absolute atomic E-state index is 0.0628. The number of sulfonamides is 1. The standard InChI is InChI=1S/C12H19NO5S/c1-4-16-11-8-7-10(9-12(11)17-5-2)19(14,15)13-18-6-3/h7-9,13H,4-6H2,1-3H3. The van der Waals surface area contributed by atoms with Gasteiger partial charge in [-0.05, 0) is 32.9 Å². The van der Waals surface area contributed by atoms with Crippen LogP contribution in [0.1, 0.15) is 20.8 Å². The normalized spacial score (nSPS) is 11.3. The summed E-state index contributed by atoms with van der Waals surface area (Å²) in [7, 11) is -3.70. The summed E-state index contributed by atoms with van der Waals surface area (Å²) in [5.41, 5.74) is 0. The molecular weight excluding hydrogens is 270 g/mol. The maximum absolute atomic E-state index is 11.9. The zero-order valence-corrected chi connectivity index (χ0v) is 12.1. The Hall–Kier alpha value is -1.31. The Morgan fingerprint density at radius 1 is 1.00 bits per heavy atom.